The third-order valence-corrected chi connectivity index (χ3v) is 5.58. The maximum atomic E-state index is 13.6. The molecule has 4 nitrogen and oxygen atoms in total. The fourth-order valence-corrected chi connectivity index (χ4v) is 3.91. The van der Waals surface area contributed by atoms with Gasteiger partial charge >= 0.3 is 0 Å². The van der Waals surface area contributed by atoms with Gasteiger partial charge in [-0.25, -0.2) is 4.39 Å². The highest BCUT2D eigenvalue weighted by molar-refractivity contribution is 5.86. The highest BCUT2D eigenvalue weighted by atomic mass is 19.1. The van der Waals surface area contributed by atoms with Crippen LogP contribution in [0.5, 0.6) is 0 Å². The summed E-state index contributed by atoms with van der Waals surface area (Å²) < 4.78 is 19.9. The summed E-state index contributed by atoms with van der Waals surface area (Å²) in [5, 5.41) is 0.603. The molecule has 5 heteroatoms. The number of anilines is 1. The van der Waals surface area contributed by atoms with Crippen LogP contribution in [0, 0.1) is 26.6 Å². The molecule has 1 aliphatic heterocycles. The van der Waals surface area contributed by atoms with Crippen LogP contribution in [0.3, 0.4) is 0 Å². The molecule has 27 heavy (non-hydrogen) atoms. The number of aryl methyl sites for hydroxylation is 2. The van der Waals surface area contributed by atoms with E-state index in [1.54, 1.807) is 19.1 Å². The van der Waals surface area contributed by atoms with Crippen LogP contribution in [0.4, 0.5) is 10.3 Å². The normalized spacial score (nSPS) is 14.7. The first kappa shape index (κ1) is 17.7. The second-order valence-corrected chi connectivity index (χ2v) is 7.53. The largest absolute Gasteiger partial charge is 0.440 e. The number of nitrogens with two attached hydrogens (primary N) is 1. The molecule has 0 spiro atoms. The lowest BCUT2D eigenvalue weighted by atomic mass is 9.96. The van der Waals surface area contributed by atoms with Crippen molar-refractivity contribution < 1.29 is 8.81 Å². The summed E-state index contributed by atoms with van der Waals surface area (Å²) in [5.41, 5.74) is 12.0. The molecule has 3 aromatic rings. The van der Waals surface area contributed by atoms with Crippen molar-refractivity contribution in [3.05, 3.63) is 73.7 Å². The minimum atomic E-state index is -0.254. The van der Waals surface area contributed by atoms with Crippen molar-refractivity contribution in [2.75, 3.05) is 4.90 Å². The minimum absolute atomic E-state index is 0.0310. The third-order valence-electron chi connectivity index (χ3n) is 5.58. The van der Waals surface area contributed by atoms with Crippen molar-refractivity contribution in [2.24, 2.45) is 5.73 Å². The van der Waals surface area contributed by atoms with Gasteiger partial charge in [-0.15, -0.1) is 0 Å². The zero-order valence-corrected chi connectivity index (χ0v) is 16.0. The molecule has 0 bridgehead atoms. The predicted molar refractivity (Wildman–Crippen MR) is 106 cm³/mol. The number of fused-ring (bicyclic) bond motifs is 2. The number of nitrogens with zero attached hydrogens (tertiary/aromatic N) is 1. The summed E-state index contributed by atoms with van der Waals surface area (Å²) in [5.74, 6) is 0.284. The van der Waals surface area contributed by atoms with Crippen molar-refractivity contribution in [1.82, 2.24) is 0 Å². The Morgan fingerprint density at radius 2 is 1.81 bits per heavy atom. The van der Waals surface area contributed by atoms with Crippen molar-refractivity contribution in [1.29, 1.82) is 0 Å². The first-order valence-corrected chi connectivity index (χ1v) is 9.13. The molecule has 1 aromatic heterocycles. The molecular weight excluding hydrogens is 343 g/mol. The minimum Gasteiger partial charge on any atom is -0.440 e. The Morgan fingerprint density at radius 3 is 2.52 bits per heavy atom. The van der Waals surface area contributed by atoms with Gasteiger partial charge in [0, 0.05) is 24.7 Å². The van der Waals surface area contributed by atoms with Gasteiger partial charge in [0.05, 0.1) is 10.9 Å². The van der Waals surface area contributed by atoms with Gasteiger partial charge in [0.2, 0.25) is 5.88 Å². The average Bonchev–Trinajstić information content (AvgIpc) is 3.03. The molecule has 1 atom stereocenters. The molecule has 4 rings (SSSR count). The van der Waals surface area contributed by atoms with Crippen LogP contribution < -0.4 is 16.1 Å². The molecule has 2 aromatic carbocycles. The number of halogens is 1. The van der Waals surface area contributed by atoms with Crippen LogP contribution in [0.2, 0.25) is 0 Å². The Kier molecular flexibility index (Phi) is 4.07. The molecule has 2 N–H and O–H groups in total. The summed E-state index contributed by atoms with van der Waals surface area (Å²) in [7, 11) is 0. The van der Waals surface area contributed by atoms with Crippen LogP contribution in [0.25, 0.3) is 11.0 Å². The standard InChI is InChI=1S/C22H23FN2O2/c1-11-7-18(14(4)24)21-19(12(11)2)20(26)13(3)22(27-21)25-9-15-5-6-17(23)8-16(15)10-25/h5-8,14H,9-10,24H2,1-4H3/t14-/m1/s1. The van der Waals surface area contributed by atoms with E-state index in [9.17, 15) is 9.18 Å². The fraction of sp³-hybridized carbons (Fsp3) is 0.318. The monoisotopic (exact) mass is 366 g/mol. The van der Waals surface area contributed by atoms with Crippen molar-refractivity contribution in [2.45, 2.75) is 46.8 Å². The molecule has 140 valence electrons. The fourth-order valence-electron chi connectivity index (χ4n) is 3.91. The molecule has 0 aliphatic carbocycles. The van der Waals surface area contributed by atoms with Crippen molar-refractivity contribution >= 4 is 16.9 Å². The van der Waals surface area contributed by atoms with E-state index in [0.29, 0.717) is 35.5 Å². The van der Waals surface area contributed by atoms with E-state index in [0.717, 1.165) is 27.8 Å². The lowest BCUT2D eigenvalue weighted by Crippen LogP contribution is -2.21. The van der Waals surface area contributed by atoms with E-state index in [1.807, 2.05) is 31.7 Å². The van der Waals surface area contributed by atoms with E-state index >= 15 is 0 Å². The molecule has 0 amide bonds. The highest BCUT2D eigenvalue weighted by Crippen LogP contribution is 2.35. The second kappa shape index (κ2) is 6.20. The number of hydrogen-bond acceptors (Lipinski definition) is 4. The van der Waals surface area contributed by atoms with Crippen LogP contribution in [-0.4, -0.2) is 0 Å². The van der Waals surface area contributed by atoms with Gasteiger partial charge in [-0.1, -0.05) is 12.1 Å². The second-order valence-electron chi connectivity index (χ2n) is 7.53. The predicted octanol–water partition coefficient (Wildman–Crippen LogP) is 4.40. The van der Waals surface area contributed by atoms with E-state index in [-0.39, 0.29) is 17.3 Å². The zero-order valence-electron chi connectivity index (χ0n) is 16.0. The number of rotatable bonds is 2. The van der Waals surface area contributed by atoms with Gasteiger partial charge in [0.25, 0.3) is 0 Å². The van der Waals surface area contributed by atoms with Gasteiger partial charge in [0.15, 0.2) is 5.43 Å². The van der Waals surface area contributed by atoms with Gasteiger partial charge in [0.1, 0.15) is 11.4 Å². The first-order valence-electron chi connectivity index (χ1n) is 9.13. The summed E-state index contributed by atoms with van der Waals surface area (Å²) in [6.07, 6.45) is 0. The molecule has 0 unspecified atom stereocenters. The molecule has 0 saturated carbocycles. The molecule has 2 heterocycles. The Hall–Kier alpha value is -2.66. The van der Waals surface area contributed by atoms with Crippen LogP contribution in [-0.2, 0) is 13.1 Å². The Bertz CT molecular complexity index is 1130. The van der Waals surface area contributed by atoms with Crippen molar-refractivity contribution in [3.63, 3.8) is 0 Å². The van der Waals surface area contributed by atoms with Crippen LogP contribution in [0.1, 0.15) is 46.3 Å². The van der Waals surface area contributed by atoms with Gasteiger partial charge in [-0.3, -0.25) is 4.79 Å². The van der Waals surface area contributed by atoms with Gasteiger partial charge < -0.3 is 15.1 Å². The zero-order chi connectivity index (χ0) is 19.5. The van der Waals surface area contributed by atoms with E-state index < -0.39 is 0 Å². The van der Waals surface area contributed by atoms with Gasteiger partial charge in [-0.2, -0.15) is 0 Å². The lowest BCUT2D eigenvalue weighted by molar-refractivity contribution is 0.563. The maximum Gasteiger partial charge on any atom is 0.203 e. The molecular formula is C22H23FN2O2. The van der Waals surface area contributed by atoms with Crippen LogP contribution >= 0.6 is 0 Å². The molecule has 0 saturated heterocycles. The van der Waals surface area contributed by atoms with E-state index in [1.165, 1.54) is 6.07 Å². The third kappa shape index (κ3) is 2.73. The Balaban J connectivity index is 1.93. The molecule has 0 radical (unpaired) electrons. The van der Waals surface area contributed by atoms with Crippen molar-refractivity contribution in [3.8, 4) is 0 Å². The molecule has 0 fully saturated rings. The number of benzene rings is 2. The van der Waals surface area contributed by atoms with Gasteiger partial charge in [-0.05, 0) is 62.1 Å². The summed E-state index contributed by atoms with van der Waals surface area (Å²) >= 11 is 0. The Morgan fingerprint density at radius 1 is 1.11 bits per heavy atom. The number of hydrogen-bond donors (Lipinski definition) is 1. The summed E-state index contributed by atoms with van der Waals surface area (Å²) in [4.78, 5) is 15.2. The SMILES string of the molecule is Cc1cc([C@@H](C)N)c2oc(N3Cc4ccc(F)cc4C3)c(C)c(=O)c2c1C. The van der Waals surface area contributed by atoms with E-state index in [2.05, 4.69) is 0 Å². The Labute approximate surface area is 157 Å². The average molecular weight is 366 g/mol. The quantitative estimate of drug-likeness (QED) is 0.730. The maximum absolute atomic E-state index is 13.6. The lowest BCUT2D eigenvalue weighted by Gasteiger charge is -2.21. The van der Waals surface area contributed by atoms with E-state index in [4.69, 9.17) is 10.2 Å². The highest BCUT2D eigenvalue weighted by Gasteiger charge is 2.26. The first-order chi connectivity index (χ1) is 12.8. The van der Waals surface area contributed by atoms with Crippen LogP contribution in [0.15, 0.2) is 33.5 Å². The summed E-state index contributed by atoms with van der Waals surface area (Å²) in [6, 6.07) is 6.55. The smallest absolute Gasteiger partial charge is 0.203 e. The summed E-state index contributed by atoms with van der Waals surface area (Å²) in [6.45, 7) is 8.70. The molecule has 1 aliphatic rings. The topological polar surface area (TPSA) is 59.5 Å².